The highest BCUT2D eigenvalue weighted by Gasteiger charge is 2.21. The number of hydrazine groups is 1. The molecule has 8 heteroatoms. The summed E-state index contributed by atoms with van der Waals surface area (Å²) in [5, 5.41) is 2.86. The van der Waals surface area contributed by atoms with Crippen LogP contribution in [0.3, 0.4) is 0 Å². The van der Waals surface area contributed by atoms with Crippen molar-refractivity contribution >= 4 is 29.4 Å². The van der Waals surface area contributed by atoms with E-state index in [1.165, 1.54) is 25.7 Å². The van der Waals surface area contributed by atoms with Gasteiger partial charge in [-0.3, -0.25) is 30.0 Å². The fourth-order valence-corrected chi connectivity index (χ4v) is 2.76. The average Bonchev–Trinajstić information content (AvgIpc) is 2.67. The topological polar surface area (TPSA) is 114 Å². The van der Waals surface area contributed by atoms with Gasteiger partial charge in [0.2, 0.25) is 11.8 Å². The highest BCUT2D eigenvalue weighted by molar-refractivity contribution is 5.99. The van der Waals surface area contributed by atoms with E-state index in [-0.39, 0.29) is 11.8 Å². The molecule has 0 bridgehead atoms. The number of ether oxygens (including phenoxy) is 1. The lowest BCUT2D eigenvalue weighted by atomic mass is 9.88. The predicted octanol–water partition coefficient (Wildman–Crippen LogP) is 1.53. The molecule has 1 aromatic rings. The van der Waals surface area contributed by atoms with Crippen molar-refractivity contribution in [2.24, 2.45) is 5.92 Å². The van der Waals surface area contributed by atoms with Crippen molar-refractivity contribution in [3.63, 3.8) is 0 Å². The van der Waals surface area contributed by atoms with Crippen molar-refractivity contribution < 1.29 is 23.9 Å². The van der Waals surface area contributed by atoms with E-state index in [0.717, 1.165) is 25.7 Å². The molecule has 140 valence electrons. The summed E-state index contributed by atoms with van der Waals surface area (Å²) >= 11 is 0. The molecule has 1 aromatic carbocycles. The molecule has 0 spiro atoms. The normalized spacial score (nSPS) is 14.2. The molecule has 0 saturated heterocycles. The van der Waals surface area contributed by atoms with Gasteiger partial charge in [0.25, 0.3) is 5.91 Å². The Bertz CT molecular complexity index is 666. The van der Waals surface area contributed by atoms with Crippen LogP contribution in [0.5, 0.6) is 0 Å². The van der Waals surface area contributed by atoms with E-state index >= 15 is 0 Å². The van der Waals surface area contributed by atoms with Gasteiger partial charge in [-0.2, -0.15) is 0 Å². The van der Waals surface area contributed by atoms with Gasteiger partial charge in [-0.1, -0.05) is 19.3 Å². The Morgan fingerprint density at radius 1 is 1.00 bits per heavy atom. The zero-order valence-electron chi connectivity index (χ0n) is 14.7. The summed E-state index contributed by atoms with van der Waals surface area (Å²) in [7, 11) is 1.17. The van der Waals surface area contributed by atoms with E-state index in [9.17, 15) is 19.2 Å². The Morgan fingerprint density at radius 2 is 1.65 bits per heavy atom. The predicted molar refractivity (Wildman–Crippen MR) is 93.9 cm³/mol. The van der Waals surface area contributed by atoms with Gasteiger partial charge < -0.3 is 10.1 Å². The van der Waals surface area contributed by atoms with Crippen molar-refractivity contribution in [2.45, 2.75) is 38.5 Å². The standard InChI is InChI=1S/C18H23N3O5/c1-26-16(23)11-15(22)20-21-18(25)13-7-9-14(10-8-13)19-17(24)12-5-3-2-4-6-12/h7-10,12H,2-6,11H2,1H3,(H,19,24)(H,20,22)(H,21,25). The van der Waals surface area contributed by atoms with E-state index < -0.39 is 24.2 Å². The minimum Gasteiger partial charge on any atom is -0.469 e. The third-order valence-corrected chi connectivity index (χ3v) is 4.24. The quantitative estimate of drug-likeness (QED) is 0.418. The number of benzene rings is 1. The molecule has 3 amide bonds. The third kappa shape index (κ3) is 5.87. The maximum absolute atomic E-state index is 12.2. The molecule has 0 aromatic heterocycles. The Hall–Kier alpha value is -2.90. The van der Waals surface area contributed by atoms with E-state index in [0.29, 0.717) is 11.3 Å². The third-order valence-electron chi connectivity index (χ3n) is 4.24. The van der Waals surface area contributed by atoms with Crippen LogP contribution in [0.1, 0.15) is 48.9 Å². The first kappa shape index (κ1) is 19.4. The molecule has 1 saturated carbocycles. The number of methoxy groups -OCH3 is 1. The van der Waals surface area contributed by atoms with E-state index in [1.54, 1.807) is 12.1 Å². The van der Waals surface area contributed by atoms with Crippen LogP contribution in [0.2, 0.25) is 0 Å². The number of hydrogen-bond acceptors (Lipinski definition) is 5. The minimum absolute atomic E-state index is 0.0111. The first-order chi connectivity index (χ1) is 12.5. The molecule has 26 heavy (non-hydrogen) atoms. The van der Waals surface area contributed by atoms with Gasteiger partial charge in [0.05, 0.1) is 7.11 Å². The molecule has 1 aliphatic rings. The number of rotatable bonds is 5. The van der Waals surface area contributed by atoms with Crippen molar-refractivity contribution in [1.82, 2.24) is 10.9 Å². The Balaban J connectivity index is 1.82. The van der Waals surface area contributed by atoms with Gasteiger partial charge in [-0.15, -0.1) is 0 Å². The molecule has 8 nitrogen and oxygen atoms in total. The minimum atomic E-state index is -0.699. The fraction of sp³-hybridized carbons (Fsp3) is 0.444. The van der Waals surface area contributed by atoms with Gasteiger partial charge in [-0.05, 0) is 37.1 Å². The largest absolute Gasteiger partial charge is 0.469 e. The molecule has 0 atom stereocenters. The van der Waals surface area contributed by atoms with Crippen molar-refractivity contribution in [3.05, 3.63) is 29.8 Å². The van der Waals surface area contributed by atoms with Gasteiger partial charge in [-0.25, -0.2) is 0 Å². The highest BCUT2D eigenvalue weighted by Crippen LogP contribution is 2.25. The van der Waals surface area contributed by atoms with Crippen LogP contribution < -0.4 is 16.2 Å². The Kier molecular flexibility index (Phi) is 7.13. The van der Waals surface area contributed by atoms with Crippen LogP contribution >= 0.6 is 0 Å². The number of hydrogen-bond donors (Lipinski definition) is 3. The molecular weight excluding hydrogens is 338 g/mol. The number of anilines is 1. The lowest BCUT2D eigenvalue weighted by molar-refractivity contribution is -0.144. The van der Waals surface area contributed by atoms with Gasteiger partial charge >= 0.3 is 5.97 Å². The number of amides is 3. The fourth-order valence-electron chi connectivity index (χ4n) is 2.76. The zero-order chi connectivity index (χ0) is 18.9. The molecule has 0 aliphatic heterocycles. The summed E-state index contributed by atoms with van der Waals surface area (Å²) < 4.78 is 4.35. The van der Waals surface area contributed by atoms with E-state index in [1.807, 2.05) is 0 Å². The molecule has 0 radical (unpaired) electrons. The summed E-state index contributed by atoms with van der Waals surface area (Å²) in [4.78, 5) is 46.5. The summed E-state index contributed by atoms with van der Waals surface area (Å²) in [6.45, 7) is 0. The van der Waals surface area contributed by atoms with E-state index in [2.05, 4.69) is 20.9 Å². The van der Waals surface area contributed by atoms with Gasteiger partial charge in [0, 0.05) is 17.2 Å². The van der Waals surface area contributed by atoms with Crippen molar-refractivity contribution in [3.8, 4) is 0 Å². The molecule has 1 aliphatic carbocycles. The smallest absolute Gasteiger partial charge is 0.315 e. The summed E-state index contributed by atoms with van der Waals surface area (Å²) in [5.41, 5.74) is 5.26. The monoisotopic (exact) mass is 361 g/mol. The zero-order valence-corrected chi connectivity index (χ0v) is 14.7. The average molecular weight is 361 g/mol. The second kappa shape index (κ2) is 9.55. The van der Waals surface area contributed by atoms with Gasteiger partial charge in [0.15, 0.2) is 0 Å². The molecule has 2 rings (SSSR count). The SMILES string of the molecule is COC(=O)CC(=O)NNC(=O)c1ccc(NC(=O)C2CCCCC2)cc1. The van der Waals surface area contributed by atoms with Crippen molar-refractivity contribution in [2.75, 3.05) is 12.4 Å². The Morgan fingerprint density at radius 3 is 2.27 bits per heavy atom. The molecule has 1 fully saturated rings. The molecule has 0 unspecified atom stereocenters. The van der Waals surface area contributed by atoms with Crippen LogP contribution in [0, 0.1) is 5.92 Å². The molecular formula is C18H23N3O5. The van der Waals surface area contributed by atoms with Crippen LogP contribution in [0.15, 0.2) is 24.3 Å². The molecule has 3 N–H and O–H groups in total. The van der Waals surface area contributed by atoms with Crippen LogP contribution in [0.4, 0.5) is 5.69 Å². The van der Waals surface area contributed by atoms with Gasteiger partial charge in [0.1, 0.15) is 6.42 Å². The number of nitrogens with one attached hydrogen (secondary N) is 3. The van der Waals surface area contributed by atoms with Crippen LogP contribution in [-0.4, -0.2) is 30.8 Å². The summed E-state index contributed by atoms with van der Waals surface area (Å²) in [6.07, 6.45) is 4.69. The second-order valence-corrected chi connectivity index (χ2v) is 6.16. The first-order valence-corrected chi connectivity index (χ1v) is 8.56. The van der Waals surface area contributed by atoms with Crippen molar-refractivity contribution in [1.29, 1.82) is 0 Å². The maximum atomic E-state index is 12.2. The maximum Gasteiger partial charge on any atom is 0.315 e. The summed E-state index contributed by atoms with van der Waals surface area (Å²) in [6, 6.07) is 6.34. The summed E-state index contributed by atoms with van der Waals surface area (Å²) in [5.74, 6) is -1.85. The lowest BCUT2D eigenvalue weighted by Gasteiger charge is -2.20. The number of carbonyl (C=O) groups is 4. The Labute approximate surface area is 151 Å². The lowest BCUT2D eigenvalue weighted by Crippen LogP contribution is -2.42. The second-order valence-electron chi connectivity index (χ2n) is 6.16. The van der Waals surface area contributed by atoms with Crippen LogP contribution in [0.25, 0.3) is 0 Å². The number of carbonyl (C=O) groups excluding carboxylic acids is 4. The van der Waals surface area contributed by atoms with Crippen LogP contribution in [-0.2, 0) is 19.1 Å². The molecule has 0 heterocycles. The van der Waals surface area contributed by atoms with E-state index in [4.69, 9.17) is 0 Å². The first-order valence-electron chi connectivity index (χ1n) is 8.56. The number of esters is 1. The highest BCUT2D eigenvalue weighted by atomic mass is 16.5.